The molecule has 0 amide bonds. The number of halogens is 1. The molecule has 0 bridgehead atoms. The molecule has 148 valence electrons. The van der Waals surface area contributed by atoms with Crippen LogP contribution in [0.1, 0.15) is 18.5 Å². The Morgan fingerprint density at radius 2 is 2.07 bits per heavy atom. The highest BCUT2D eigenvalue weighted by Gasteiger charge is 2.08. The molecule has 0 spiro atoms. The fourth-order valence-corrected chi connectivity index (χ4v) is 5.13. The molecular weight excluding hydrogens is 474 g/mol. The summed E-state index contributed by atoms with van der Waals surface area (Å²) in [7, 11) is 0. The van der Waals surface area contributed by atoms with Crippen molar-refractivity contribution < 1.29 is 9.53 Å². The number of fused-ring (bicyclic) bond motifs is 2. The third kappa shape index (κ3) is 5.04. The number of aromatic nitrogens is 3. The Bertz CT molecular complexity index is 1210. The summed E-state index contributed by atoms with van der Waals surface area (Å²) in [6, 6.07) is 13.0. The molecule has 0 radical (unpaired) electrons. The van der Waals surface area contributed by atoms with Crippen LogP contribution in [0.5, 0.6) is 0 Å². The van der Waals surface area contributed by atoms with Crippen molar-refractivity contribution in [3.8, 4) is 0 Å². The zero-order chi connectivity index (χ0) is 20.2. The topological polar surface area (TPSA) is 73.6 Å². The van der Waals surface area contributed by atoms with Gasteiger partial charge in [0.05, 0.1) is 15.9 Å². The summed E-state index contributed by atoms with van der Waals surface area (Å²) < 4.78 is 9.68. The summed E-state index contributed by atoms with van der Waals surface area (Å²) in [4.78, 5) is 33.1. The first-order valence-electron chi connectivity index (χ1n) is 8.90. The second-order valence-electron chi connectivity index (χ2n) is 6.22. The van der Waals surface area contributed by atoms with Gasteiger partial charge in [-0.15, -0.1) is 11.3 Å². The third-order valence-corrected chi connectivity index (χ3v) is 6.82. The number of hydrogen-bond acceptors (Lipinski definition) is 7. The molecule has 0 aliphatic rings. The molecular formula is C20H16BrN3O3S2. The number of benzene rings is 1. The van der Waals surface area contributed by atoms with Gasteiger partial charge in [-0.3, -0.25) is 14.0 Å². The van der Waals surface area contributed by atoms with Crippen LogP contribution in [0, 0.1) is 0 Å². The van der Waals surface area contributed by atoms with E-state index in [1.54, 1.807) is 41.4 Å². The average Bonchev–Trinajstić information content (AvgIpc) is 3.13. The van der Waals surface area contributed by atoms with E-state index in [1.807, 2.05) is 18.2 Å². The Morgan fingerprint density at radius 3 is 2.93 bits per heavy atom. The number of carbonyl (C=O) groups is 1. The lowest BCUT2D eigenvalue weighted by Gasteiger charge is -2.06. The van der Waals surface area contributed by atoms with Gasteiger partial charge in [0.25, 0.3) is 5.56 Å². The Balaban J connectivity index is 1.25. The molecule has 1 aromatic carbocycles. The molecule has 4 aromatic rings. The quantitative estimate of drug-likeness (QED) is 0.213. The van der Waals surface area contributed by atoms with Crippen molar-refractivity contribution in [3.63, 3.8) is 0 Å². The van der Waals surface area contributed by atoms with Crippen LogP contribution in [0.25, 0.3) is 15.9 Å². The Hall–Kier alpha value is -2.23. The van der Waals surface area contributed by atoms with E-state index in [4.69, 9.17) is 4.74 Å². The fraction of sp³-hybridized carbons (Fsp3) is 0.200. The lowest BCUT2D eigenvalue weighted by molar-refractivity contribution is -0.145. The van der Waals surface area contributed by atoms with E-state index in [2.05, 4.69) is 32.0 Å². The Labute approximate surface area is 183 Å². The van der Waals surface area contributed by atoms with Crippen LogP contribution in [-0.4, -0.2) is 26.1 Å². The monoisotopic (exact) mass is 489 g/mol. The third-order valence-electron chi connectivity index (χ3n) is 4.08. The molecule has 0 atom stereocenters. The SMILES string of the molecule is O=C(CCCSc1nc2ccccc2s1)OCc1cc(=O)n2cc(Br)ccc2n1. The van der Waals surface area contributed by atoms with E-state index in [0.717, 1.165) is 20.1 Å². The van der Waals surface area contributed by atoms with E-state index in [-0.39, 0.29) is 18.1 Å². The van der Waals surface area contributed by atoms with Gasteiger partial charge in [-0.05, 0) is 46.6 Å². The van der Waals surface area contributed by atoms with Gasteiger partial charge in [-0.25, -0.2) is 9.97 Å². The molecule has 3 heterocycles. The number of nitrogens with zero attached hydrogens (tertiary/aromatic N) is 3. The van der Waals surface area contributed by atoms with Crippen LogP contribution in [0.15, 0.2) is 62.3 Å². The standard InChI is InChI=1S/C20H16BrN3O3S2/c21-13-7-8-17-22-14(10-18(25)24(17)11-13)12-27-19(26)6-3-9-28-20-23-15-4-1-2-5-16(15)29-20/h1-2,4-5,7-8,10-11H,3,6,9,12H2. The highest BCUT2D eigenvalue weighted by atomic mass is 79.9. The molecule has 0 saturated carbocycles. The summed E-state index contributed by atoms with van der Waals surface area (Å²) in [5.74, 6) is 0.493. The Morgan fingerprint density at radius 1 is 1.21 bits per heavy atom. The summed E-state index contributed by atoms with van der Waals surface area (Å²) in [6.45, 7) is -0.00828. The molecule has 0 N–H and O–H groups in total. The van der Waals surface area contributed by atoms with Crippen molar-refractivity contribution in [1.29, 1.82) is 0 Å². The average molecular weight is 490 g/mol. The van der Waals surface area contributed by atoms with Crippen molar-refractivity contribution in [2.24, 2.45) is 0 Å². The highest BCUT2D eigenvalue weighted by Crippen LogP contribution is 2.29. The van der Waals surface area contributed by atoms with Crippen molar-refractivity contribution in [2.75, 3.05) is 5.75 Å². The van der Waals surface area contributed by atoms with Crippen LogP contribution >= 0.6 is 39.0 Å². The number of para-hydroxylation sites is 1. The summed E-state index contributed by atoms with van der Waals surface area (Å²) in [5.41, 5.74) is 1.74. The summed E-state index contributed by atoms with van der Waals surface area (Å²) in [5, 5.41) is 0. The van der Waals surface area contributed by atoms with Crippen molar-refractivity contribution in [2.45, 2.75) is 23.8 Å². The first-order valence-corrected chi connectivity index (χ1v) is 11.5. The molecule has 9 heteroatoms. The lowest BCUT2D eigenvalue weighted by Crippen LogP contribution is -2.16. The predicted octanol–water partition coefficient (Wildman–Crippen LogP) is 4.68. The predicted molar refractivity (Wildman–Crippen MR) is 119 cm³/mol. The number of thioether (sulfide) groups is 1. The molecule has 0 aliphatic heterocycles. The smallest absolute Gasteiger partial charge is 0.306 e. The fourth-order valence-electron chi connectivity index (χ4n) is 2.72. The number of esters is 1. The highest BCUT2D eigenvalue weighted by molar-refractivity contribution is 9.10. The van der Waals surface area contributed by atoms with Crippen molar-refractivity contribution >= 4 is 60.9 Å². The largest absolute Gasteiger partial charge is 0.459 e. The molecule has 0 unspecified atom stereocenters. The van der Waals surface area contributed by atoms with Gasteiger partial charge in [0.15, 0.2) is 4.34 Å². The van der Waals surface area contributed by atoms with Gasteiger partial charge in [-0.2, -0.15) is 0 Å². The Kier molecular flexibility index (Phi) is 6.27. The van der Waals surface area contributed by atoms with E-state index in [1.165, 1.54) is 15.2 Å². The van der Waals surface area contributed by atoms with Gasteiger partial charge in [-0.1, -0.05) is 23.9 Å². The number of pyridine rings is 1. The molecule has 4 rings (SSSR count). The summed E-state index contributed by atoms with van der Waals surface area (Å²) in [6.07, 6.45) is 2.67. The minimum atomic E-state index is -0.298. The van der Waals surface area contributed by atoms with Crippen LogP contribution in [0.3, 0.4) is 0 Å². The van der Waals surface area contributed by atoms with Crippen LogP contribution < -0.4 is 5.56 Å². The zero-order valence-electron chi connectivity index (χ0n) is 15.2. The lowest BCUT2D eigenvalue weighted by atomic mass is 10.3. The summed E-state index contributed by atoms with van der Waals surface area (Å²) >= 11 is 6.63. The van der Waals surface area contributed by atoms with Gasteiger partial charge in [0.1, 0.15) is 12.3 Å². The zero-order valence-corrected chi connectivity index (χ0v) is 18.4. The van der Waals surface area contributed by atoms with E-state index in [9.17, 15) is 9.59 Å². The maximum absolute atomic E-state index is 12.2. The molecule has 0 aliphatic carbocycles. The normalized spacial score (nSPS) is 11.2. The minimum Gasteiger partial charge on any atom is -0.459 e. The number of rotatable bonds is 7. The molecule has 29 heavy (non-hydrogen) atoms. The second kappa shape index (κ2) is 9.06. The number of ether oxygens (including phenoxy) is 1. The molecule has 0 saturated heterocycles. The minimum absolute atomic E-state index is 0.00828. The van der Waals surface area contributed by atoms with E-state index in [0.29, 0.717) is 24.2 Å². The van der Waals surface area contributed by atoms with Crippen LogP contribution in [0.2, 0.25) is 0 Å². The van der Waals surface area contributed by atoms with Gasteiger partial charge >= 0.3 is 5.97 Å². The molecule has 0 fully saturated rings. The second-order valence-corrected chi connectivity index (χ2v) is 9.51. The number of carbonyl (C=O) groups excluding carboxylic acids is 1. The van der Waals surface area contributed by atoms with Gasteiger partial charge < -0.3 is 4.74 Å². The van der Waals surface area contributed by atoms with Crippen LogP contribution in [0.4, 0.5) is 0 Å². The molecule has 6 nitrogen and oxygen atoms in total. The van der Waals surface area contributed by atoms with Crippen molar-refractivity contribution in [3.05, 3.63) is 69.2 Å². The van der Waals surface area contributed by atoms with Gasteiger partial charge in [0, 0.05) is 28.9 Å². The first-order chi connectivity index (χ1) is 14.1. The maximum Gasteiger partial charge on any atom is 0.306 e. The molecule has 3 aromatic heterocycles. The van der Waals surface area contributed by atoms with Crippen molar-refractivity contribution in [1.82, 2.24) is 14.4 Å². The van der Waals surface area contributed by atoms with E-state index >= 15 is 0 Å². The number of thiazole rings is 1. The maximum atomic E-state index is 12.2. The van der Waals surface area contributed by atoms with E-state index < -0.39 is 0 Å². The van der Waals surface area contributed by atoms with Crippen LogP contribution in [-0.2, 0) is 16.1 Å². The number of hydrogen-bond donors (Lipinski definition) is 0. The first kappa shape index (κ1) is 20.1. The van der Waals surface area contributed by atoms with Gasteiger partial charge in [0.2, 0.25) is 0 Å².